The molecule has 0 aliphatic carbocycles. The monoisotopic (exact) mass is 456 g/mol. The van der Waals surface area contributed by atoms with Gasteiger partial charge < -0.3 is 15.8 Å². The maximum Gasteiger partial charge on any atom is 0.407 e. The smallest absolute Gasteiger partial charge is 0.407 e. The summed E-state index contributed by atoms with van der Waals surface area (Å²) in [6.45, 7) is 2.70. The fraction of sp³-hybridized carbons (Fsp3) is 0.333. The number of nitrogens with zero attached hydrogens (tertiary/aromatic N) is 2. The number of benzene rings is 1. The first-order valence-electron chi connectivity index (χ1n) is 9.51. The molecule has 0 aliphatic rings. The number of carbonyl (C=O) groups is 1. The van der Waals surface area contributed by atoms with Gasteiger partial charge in [0, 0.05) is 12.6 Å². The molecule has 3 N–H and O–H groups in total. The summed E-state index contributed by atoms with van der Waals surface area (Å²) >= 11 is 0. The molecule has 3 rings (SSSR count). The number of pyridine rings is 1. The van der Waals surface area contributed by atoms with E-state index < -0.39 is 42.4 Å². The van der Waals surface area contributed by atoms with Crippen LogP contribution in [0.3, 0.4) is 0 Å². The molecule has 6 nitrogen and oxygen atoms in total. The van der Waals surface area contributed by atoms with Gasteiger partial charge in [0.2, 0.25) is 5.88 Å². The minimum absolute atomic E-state index is 0.0357. The lowest BCUT2D eigenvalue weighted by Crippen LogP contribution is -2.58. The second-order valence-electron chi connectivity index (χ2n) is 7.72. The van der Waals surface area contributed by atoms with E-state index in [2.05, 4.69) is 10.4 Å². The zero-order chi connectivity index (χ0) is 23.8. The summed E-state index contributed by atoms with van der Waals surface area (Å²) < 4.78 is 73.6. The number of alkyl halides is 3. The third-order valence-corrected chi connectivity index (χ3v) is 4.94. The Morgan fingerprint density at radius 3 is 2.41 bits per heavy atom. The van der Waals surface area contributed by atoms with Crippen LogP contribution in [0.4, 0.5) is 22.0 Å². The van der Waals surface area contributed by atoms with Crippen LogP contribution in [0.25, 0.3) is 5.52 Å². The average molecular weight is 456 g/mol. The zero-order valence-electron chi connectivity index (χ0n) is 17.5. The van der Waals surface area contributed by atoms with E-state index in [1.165, 1.54) is 17.5 Å². The number of rotatable bonds is 6. The molecule has 0 fully saturated rings. The van der Waals surface area contributed by atoms with E-state index in [0.717, 1.165) is 19.1 Å². The first kappa shape index (κ1) is 23.5. The first-order chi connectivity index (χ1) is 14.8. The molecule has 0 spiro atoms. The predicted octanol–water partition coefficient (Wildman–Crippen LogP) is 3.82. The molecule has 3 aromatic rings. The summed E-state index contributed by atoms with van der Waals surface area (Å²) in [6.07, 6.45) is -4.71. The first-order valence-corrected chi connectivity index (χ1v) is 9.51. The number of hydrogen-bond donors (Lipinski definition) is 2. The van der Waals surface area contributed by atoms with Crippen LogP contribution in [-0.2, 0) is 6.61 Å². The molecule has 1 unspecified atom stereocenters. The minimum Gasteiger partial charge on any atom is -0.473 e. The van der Waals surface area contributed by atoms with E-state index in [0.29, 0.717) is 5.56 Å². The fourth-order valence-corrected chi connectivity index (χ4v) is 3.01. The van der Waals surface area contributed by atoms with Crippen LogP contribution in [0.1, 0.15) is 34.1 Å². The Kier molecular flexibility index (Phi) is 6.14. The van der Waals surface area contributed by atoms with E-state index in [-0.39, 0.29) is 28.2 Å². The quantitative estimate of drug-likeness (QED) is 0.553. The van der Waals surface area contributed by atoms with Gasteiger partial charge in [0.25, 0.3) is 5.91 Å². The van der Waals surface area contributed by atoms with Gasteiger partial charge in [-0.25, -0.2) is 8.78 Å². The van der Waals surface area contributed by atoms with E-state index in [9.17, 15) is 26.7 Å². The Morgan fingerprint density at radius 1 is 1.19 bits per heavy atom. The van der Waals surface area contributed by atoms with Crippen molar-refractivity contribution in [3.63, 3.8) is 0 Å². The van der Waals surface area contributed by atoms with Crippen molar-refractivity contribution in [2.75, 3.05) is 6.54 Å². The summed E-state index contributed by atoms with van der Waals surface area (Å²) in [7, 11) is 0. The molecule has 32 heavy (non-hydrogen) atoms. The Bertz CT molecular complexity index is 1150. The van der Waals surface area contributed by atoms with Gasteiger partial charge in [0.15, 0.2) is 0 Å². The zero-order valence-corrected chi connectivity index (χ0v) is 17.5. The van der Waals surface area contributed by atoms with Crippen LogP contribution >= 0.6 is 0 Å². The average Bonchev–Trinajstić information content (AvgIpc) is 3.00. The lowest BCUT2D eigenvalue weighted by Gasteiger charge is -2.27. The molecule has 1 amide bonds. The Balaban J connectivity index is 1.91. The number of fused-ring (bicyclic) bond motifs is 1. The van der Waals surface area contributed by atoms with Gasteiger partial charge in [-0.1, -0.05) is 6.07 Å². The maximum absolute atomic E-state index is 13.9. The number of amides is 1. The molecule has 11 heteroatoms. The van der Waals surface area contributed by atoms with Crippen LogP contribution in [0.2, 0.25) is 0 Å². The molecule has 0 saturated heterocycles. The molecular formula is C21H21F5N4O2. The highest BCUT2D eigenvalue weighted by Gasteiger charge is 2.48. The molecule has 0 radical (unpaired) electrons. The molecule has 172 valence electrons. The second-order valence-corrected chi connectivity index (χ2v) is 7.72. The highest BCUT2D eigenvalue weighted by molar-refractivity contribution is 6.02. The number of halogens is 5. The summed E-state index contributed by atoms with van der Waals surface area (Å²) in [5.41, 5.74) is 3.53. The number of nitrogens with two attached hydrogens (primary N) is 1. The van der Waals surface area contributed by atoms with Crippen molar-refractivity contribution in [1.29, 1.82) is 0 Å². The molecular weight excluding hydrogens is 435 g/mol. The third kappa shape index (κ3) is 4.52. The summed E-state index contributed by atoms with van der Waals surface area (Å²) in [6, 6.07) is 6.57. The predicted molar refractivity (Wildman–Crippen MR) is 106 cm³/mol. The summed E-state index contributed by atoms with van der Waals surface area (Å²) in [5, 5.41) is 6.41. The summed E-state index contributed by atoms with van der Waals surface area (Å²) in [4.78, 5) is 12.7. The fourth-order valence-electron chi connectivity index (χ4n) is 3.01. The van der Waals surface area contributed by atoms with Gasteiger partial charge in [-0.2, -0.15) is 22.8 Å². The number of nitrogens with one attached hydrogen (secondary N) is 1. The van der Waals surface area contributed by atoms with Crippen molar-refractivity contribution in [3.8, 4) is 5.88 Å². The maximum atomic E-state index is 13.9. The largest absolute Gasteiger partial charge is 0.473 e. The lowest BCUT2D eigenvalue weighted by atomic mass is 10.0. The van der Waals surface area contributed by atoms with Crippen LogP contribution in [0, 0.1) is 25.5 Å². The van der Waals surface area contributed by atoms with Gasteiger partial charge in [0.05, 0.1) is 22.3 Å². The number of aromatic nitrogens is 2. The molecule has 0 aliphatic heterocycles. The minimum atomic E-state index is -4.71. The molecule has 1 aromatic carbocycles. The topological polar surface area (TPSA) is 81.7 Å². The van der Waals surface area contributed by atoms with Gasteiger partial charge in [-0.05, 0) is 44.5 Å². The van der Waals surface area contributed by atoms with E-state index in [1.54, 1.807) is 19.1 Å². The SMILES string of the molecule is Cc1cc(OCc2c(F)cccc2F)n2nc(C)c(C(=O)NCC(C)(N)C(F)(F)F)c2c1. The van der Waals surface area contributed by atoms with Gasteiger partial charge in [-0.3, -0.25) is 4.79 Å². The van der Waals surface area contributed by atoms with Crippen molar-refractivity contribution < 1.29 is 31.5 Å². The Hall–Kier alpha value is -3.21. The number of carbonyl (C=O) groups excluding carboxylic acids is 1. The Morgan fingerprint density at radius 2 is 1.81 bits per heavy atom. The molecule has 0 saturated carbocycles. The molecule has 2 heterocycles. The van der Waals surface area contributed by atoms with Crippen LogP contribution in [0.5, 0.6) is 5.88 Å². The van der Waals surface area contributed by atoms with Crippen molar-refractivity contribution in [2.24, 2.45) is 5.73 Å². The van der Waals surface area contributed by atoms with Crippen LogP contribution in [0.15, 0.2) is 30.3 Å². The molecule has 0 bridgehead atoms. The number of hydrogen-bond acceptors (Lipinski definition) is 4. The third-order valence-electron chi connectivity index (χ3n) is 4.94. The highest BCUT2D eigenvalue weighted by atomic mass is 19.4. The van der Waals surface area contributed by atoms with Gasteiger partial charge >= 0.3 is 6.18 Å². The van der Waals surface area contributed by atoms with Crippen molar-refractivity contribution in [3.05, 3.63) is 64.4 Å². The van der Waals surface area contributed by atoms with Gasteiger partial charge in [0.1, 0.15) is 23.8 Å². The van der Waals surface area contributed by atoms with E-state index >= 15 is 0 Å². The van der Waals surface area contributed by atoms with Crippen molar-refractivity contribution in [2.45, 2.75) is 39.1 Å². The standard InChI is InChI=1S/C21H21F5N4O2/c1-11-7-16-18(19(31)28-10-20(3,27)21(24,25)26)12(2)29-30(16)17(8-11)32-9-13-14(22)5-4-6-15(13)23/h4-8H,9-10,27H2,1-3H3,(H,28,31). The van der Waals surface area contributed by atoms with Crippen molar-refractivity contribution in [1.82, 2.24) is 14.9 Å². The molecule has 2 aromatic heterocycles. The number of ether oxygens (including phenoxy) is 1. The summed E-state index contributed by atoms with van der Waals surface area (Å²) in [5.74, 6) is -2.25. The second kappa shape index (κ2) is 8.38. The van der Waals surface area contributed by atoms with E-state index in [1.807, 2.05) is 0 Å². The van der Waals surface area contributed by atoms with Crippen LogP contribution < -0.4 is 15.8 Å². The number of aryl methyl sites for hydroxylation is 2. The normalized spacial score (nSPS) is 13.8. The lowest BCUT2D eigenvalue weighted by molar-refractivity contribution is -0.178. The van der Waals surface area contributed by atoms with E-state index in [4.69, 9.17) is 10.5 Å². The molecule has 1 atom stereocenters. The van der Waals surface area contributed by atoms with Crippen molar-refractivity contribution >= 4 is 11.4 Å². The Labute approximate surface area is 180 Å². The highest BCUT2D eigenvalue weighted by Crippen LogP contribution is 2.28. The van der Waals surface area contributed by atoms with Crippen LogP contribution in [-0.4, -0.2) is 33.8 Å². The van der Waals surface area contributed by atoms with Gasteiger partial charge in [-0.15, -0.1) is 0 Å².